The van der Waals surface area contributed by atoms with Gasteiger partial charge in [0.05, 0.1) is 28.8 Å². The molecule has 0 radical (unpaired) electrons. The monoisotopic (exact) mass is 320 g/mol. The molecule has 0 aliphatic rings. The van der Waals surface area contributed by atoms with Crippen LogP contribution in [0.15, 0.2) is 30.5 Å². The number of rotatable bonds is 3. The van der Waals surface area contributed by atoms with Gasteiger partial charge in [-0.15, -0.1) is 0 Å². The van der Waals surface area contributed by atoms with Crippen molar-refractivity contribution < 1.29 is 4.79 Å². The Kier molecular flexibility index (Phi) is 4.32. The van der Waals surface area contributed by atoms with Crippen LogP contribution in [0.2, 0.25) is 10.0 Å². The number of primary amides is 1. The van der Waals surface area contributed by atoms with E-state index < -0.39 is 5.91 Å². The molecule has 1 amide bonds. The lowest BCUT2D eigenvalue weighted by Gasteiger charge is -2.11. The number of halogens is 2. The van der Waals surface area contributed by atoms with E-state index in [1.54, 1.807) is 18.2 Å². The number of nitrogens with zero attached hydrogens (tertiary/aromatic N) is 2. The summed E-state index contributed by atoms with van der Waals surface area (Å²) in [5.41, 5.74) is 6.24. The zero-order valence-corrected chi connectivity index (χ0v) is 12.2. The maximum absolute atomic E-state index is 11.3. The Labute approximate surface area is 130 Å². The lowest BCUT2D eigenvalue weighted by Crippen LogP contribution is -2.30. The SMILES string of the molecule is N#Cc1cc(Cl)ccc1Cn1cc(Cl)cc(C(N)=O)c1=N. The van der Waals surface area contributed by atoms with Crippen LogP contribution in [0.1, 0.15) is 21.5 Å². The van der Waals surface area contributed by atoms with Gasteiger partial charge >= 0.3 is 0 Å². The van der Waals surface area contributed by atoms with Crippen molar-refractivity contribution in [3.63, 3.8) is 0 Å². The van der Waals surface area contributed by atoms with Crippen LogP contribution < -0.4 is 11.2 Å². The molecule has 5 nitrogen and oxygen atoms in total. The molecule has 0 saturated heterocycles. The van der Waals surface area contributed by atoms with Gasteiger partial charge in [-0.05, 0) is 23.8 Å². The van der Waals surface area contributed by atoms with Crippen molar-refractivity contribution in [3.8, 4) is 6.07 Å². The molecule has 0 aliphatic carbocycles. The smallest absolute Gasteiger partial charge is 0.252 e. The molecule has 7 heteroatoms. The Morgan fingerprint density at radius 3 is 2.67 bits per heavy atom. The van der Waals surface area contributed by atoms with Gasteiger partial charge in [-0.3, -0.25) is 10.2 Å². The third kappa shape index (κ3) is 3.24. The maximum Gasteiger partial charge on any atom is 0.252 e. The molecule has 1 aromatic heterocycles. The van der Waals surface area contributed by atoms with Gasteiger partial charge in [0.25, 0.3) is 5.91 Å². The number of benzene rings is 1. The van der Waals surface area contributed by atoms with Crippen LogP contribution in [-0.4, -0.2) is 10.5 Å². The van der Waals surface area contributed by atoms with Crippen molar-refractivity contribution in [2.45, 2.75) is 6.54 Å². The molecule has 0 unspecified atom stereocenters. The van der Waals surface area contributed by atoms with E-state index >= 15 is 0 Å². The molecule has 0 fully saturated rings. The number of hydrogen-bond acceptors (Lipinski definition) is 3. The van der Waals surface area contributed by atoms with E-state index in [0.29, 0.717) is 16.1 Å². The molecule has 1 aromatic carbocycles. The van der Waals surface area contributed by atoms with E-state index in [1.165, 1.54) is 16.8 Å². The third-order valence-electron chi connectivity index (χ3n) is 2.90. The molecule has 1 heterocycles. The second kappa shape index (κ2) is 6.00. The Hall–Kier alpha value is -2.29. The summed E-state index contributed by atoms with van der Waals surface area (Å²) in [5, 5.41) is 17.8. The largest absolute Gasteiger partial charge is 0.365 e. The molecular formula is C14H10Cl2N4O. The second-order valence-corrected chi connectivity index (χ2v) is 5.20. The molecule has 3 N–H and O–H groups in total. The number of hydrogen-bond donors (Lipinski definition) is 2. The highest BCUT2D eigenvalue weighted by Crippen LogP contribution is 2.17. The molecule has 0 atom stereocenters. The van der Waals surface area contributed by atoms with Crippen LogP contribution in [0, 0.1) is 16.7 Å². The normalized spacial score (nSPS) is 10.1. The van der Waals surface area contributed by atoms with Gasteiger partial charge in [-0.1, -0.05) is 29.3 Å². The van der Waals surface area contributed by atoms with E-state index in [-0.39, 0.29) is 22.6 Å². The van der Waals surface area contributed by atoms with E-state index in [9.17, 15) is 4.79 Å². The van der Waals surface area contributed by atoms with Gasteiger partial charge in [0.2, 0.25) is 0 Å². The predicted molar refractivity (Wildman–Crippen MR) is 79.1 cm³/mol. The number of amides is 1. The topological polar surface area (TPSA) is 95.7 Å². The Morgan fingerprint density at radius 1 is 1.33 bits per heavy atom. The first-order valence-electron chi connectivity index (χ1n) is 5.85. The standard InChI is InChI=1S/C14H10Cl2N4O/c15-10-2-1-8(9(3-10)5-17)6-20-7-11(16)4-12(13(20)18)14(19)21/h1-4,7,18H,6H2,(H2,19,21). The summed E-state index contributed by atoms with van der Waals surface area (Å²) >= 11 is 11.8. The number of nitrogens with one attached hydrogen (secondary N) is 1. The van der Waals surface area contributed by atoms with Crippen molar-refractivity contribution in [1.29, 1.82) is 10.7 Å². The number of nitrogens with two attached hydrogens (primary N) is 1. The summed E-state index contributed by atoms with van der Waals surface area (Å²) in [6, 6.07) is 8.28. The molecule has 2 rings (SSSR count). The van der Waals surface area contributed by atoms with Gasteiger partial charge in [-0.25, -0.2) is 0 Å². The van der Waals surface area contributed by atoms with Gasteiger partial charge < -0.3 is 10.3 Å². The summed E-state index contributed by atoms with van der Waals surface area (Å²) in [5.74, 6) is -0.729. The zero-order chi connectivity index (χ0) is 15.6. The summed E-state index contributed by atoms with van der Waals surface area (Å²) in [6.45, 7) is 0.208. The number of nitriles is 1. The highest BCUT2D eigenvalue weighted by atomic mass is 35.5. The zero-order valence-electron chi connectivity index (χ0n) is 10.7. The number of pyridine rings is 1. The molecule has 2 aromatic rings. The van der Waals surface area contributed by atoms with Crippen LogP contribution in [0.5, 0.6) is 0 Å². The van der Waals surface area contributed by atoms with E-state index in [4.69, 9.17) is 39.6 Å². The Morgan fingerprint density at radius 2 is 2.05 bits per heavy atom. The van der Waals surface area contributed by atoms with Crippen LogP contribution in [0.4, 0.5) is 0 Å². The minimum atomic E-state index is -0.729. The van der Waals surface area contributed by atoms with Crippen LogP contribution in [0.25, 0.3) is 0 Å². The quantitative estimate of drug-likeness (QED) is 0.907. The number of carbonyl (C=O) groups is 1. The van der Waals surface area contributed by atoms with E-state index in [2.05, 4.69) is 0 Å². The van der Waals surface area contributed by atoms with Gasteiger partial charge in [0, 0.05) is 11.2 Å². The summed E-state index contributed by atoms with van der Waals surface area (Å²) < 4.78 is 1.45. The van der Waals surface area contributed by atoms with Crippen molar-refractivity contribution >= 4 is 29.1 Å². The fourth-order valence-electron chi connectivity index (χ4n) is 1.90. The molecule has 0 saturated carbocycles. The fraction of sp³-hybridized carbons (Fsp3) is 0.0714. The van der Waals surface area contributed by atoms with Gasteiger partial charge in [0.1, 0.15) is 5.49 Å². The predicted octanol–water partition coefficient (Wildman–Crippen LogP) is 2.29. The van der Waals surface area contributed by atoms with Crippen LogP contribution in [-0.2, 0) is 6.54 Å². The lowest BCUT2D eigenvalue weighted by molar-refractivity contribution is 0.0998. The minimum Gasteiger partial charge on any atom is -0.365 e. The molecular weight excluding hydrogens is 311 g/mol. The second-order valence-electron chi connectivity index (χ2n) is 4.33. The summed E-state index contributed by atoms with van der Waals surface area (Å²) in [7, 11) is 0. The minimum absolute atomic E-state index is 0.0231. The highest BCUT2D eigenvalue weighted by molar-refractivity contribution is 6.31. The fourth-order valence-corrected chi connectivity index (χ4v) is 2.30. The van der Waals surface area contributed by atoms with Crippen LogP contribution in [0.3, 0.4) is 0 Å². The number of carbonyl (C=O) groups excluding carboxylic acids is 1. The van der Waals surface area contributed by atoms with Gasteiger partial charge in [0.15, 0.2) is 0 Å². The molecule has 0 aliphatic heterocycles. The van der Waals surface area contributed by atoms with E-state index in [1.807, 2.05) is 6.07 Å². The first-order chi connectivity index (χ1) is 9.92. The summed E-state index contributed by atoms with van der Waals surface area (Å²) in [4.78, 5) is 11.3. The molecule has 21 heavy (non-hydrogen) atoms. The average Bonchev–Trinajstić information content (AvgIpc) is 2.43. The first-order valence-corrected chi connectivity index (χ1v) is 6.61. The molecule has 106 valence electrons. The first kappa shape index (κ1) is 15.1. The highest BCUT2D eigenvalue weighted by Gasteiger charge is 2.10. The number of aromatic nitrogens is 1. The average molecular weight is 321 g/mol. The van der Waals surface area contributed by atoms with Crippen molar-refractivity contribution in [2.24, 2.45) is 5.73 Å². The maximum atomic E-state index is 11.3. The van der Waals surface area contributed by atoms with Crippen molar-refractivity contribution in [2.75, 3.05) is 0 Å². The molecule has 0 bridgehead atoms. The Bertz CT molecular complexity index is 821. The molecule has 0 spiro atoms. The van der Waals surface area contributed by atoms with Gasteiger partial charge in [-0.2, -0.15) is 5.26 Å². The van der Waals surface area contributed by atoms with Crippen LogP contribution >= 0.6 is 23.2 Å². The lowest BCUT2D eigenvalue weighted by atomic mass is 10.1. The third-order valence-corrected chi connectivity index (χ3v) is 3.34. The van der Waals surface area contributed by atoms with E-state index in [0.717, 1.165) is 0 Å². The van der Waals surface area contributed by atoms with Crippen molar-refractivity contribution in [3.05, 3.63) is 62.7 Å². The summed E-state index contributed by atoms with van der Waals surface area (Å²) in [6.07, 6.45) is 1.51. The van der Waals surface area contributed by atoms with Crippen molar-refractivity contribution in [1.82, 2.24) is 4.57 Å². The Balaban J connectivity index is 2.53.